The molecule has 118 valence electrons. The molecule has 0 spiro atoms. The lowest BCUT2D eigenvalue weighted by molar-refractivity contribution is 0.0974. The Bertz CT molecular complexity index is 819. The van der Waals surface area contributed by atoms with Crippen molar-refractivity contribution in [3.63, 3.8) is 0 Å². The molecule has 0 aliphatic heterocycles. The van der Waals surface area contributed by atoms with Gasteiger partial charge in [-0.2, -0.15) is 0 Å². The maximum atomic E-state index is 12.6. The lowest BCUT2D eigenvalue weighted by Gasteiger charge is -2.04. The van der Waals surface area contributed by atoms with E-state index < -0.39 is 0 Å². The fraction of sp³-hybridized carbons (Fsp3) is 0.263. The van der Waals surface area contributed by atoms with Gasteiger partial charge in [0.05, 0.1) is 12.8 Å². The van der Waals surface area contributed by atoms with Gasteiger partial charge in [0.1, 0.15) is 17.1 Å². The number of methoxy groups -OCH3 is 1. The molecule has 3 rings (SSSR count). The normalized spacial score (nSPS) is 10.9. The van der Waals surface area contributed by atoms with E-state index in [0.717, 1.165) is 29.9 Å². The van der Waals surface area contributed by atoms with E-state index in [0.29, 0.717) is 12.1 Å². The van der Waals surface area contributed by atoms with Gasteiger partial charge in [0.2, 0.25) is 0 Å². The molecule has 0 unspecified atom stereocenters. The summed E-state index contributed by atoms with van der Waals surface area (Å²) in [5, 5.41) is 0. The van der Waals surface area contributed by atoms with E-state index in [2.05, 4.69) is 4.98 Å². The number of aryl methyl sites for hydroxylation is 2. The first kappa shape index (κ1) is 15.3. The average molecular weight is 308 g/mol. The minimum Gasteiger partial charge on any atom is -0.497 e. The number of ketones is 1. The third-order valence-corrected chi connectivity index (χ3v) is 4.00. The molecule has 0 radical (unpaired) electrons. The minimum absolute atomic E-state index is 0.148. The summed E-state index contributed by atoms with van der Waals surface area (Å²) in [4.78, 5) is 17.0. The van der Waals surface area contributed by atoms with Gasteiger partial charge in [-0.1, -0.05) is 18.2 Å². The summed E-state index contributed by atoms with van der Waals surface area (Å²) in [5.74, 6) is 1.00. The van der Waals surface area contributed by atoms with E-state index in [1.807, 2.05) is 60.0 Å². The van der Waals surface area contributed by atoms with Gasteiger partial charge in [-0.15, -0.1) is 0 Å². The number of rotatable bonds is 6. The van der Waals surface area contributed by atoms with Gasteiger partial charge in [-0.05, 0) is 49.6 Å². The highest BCUT2D eigenvalue weighted by Gasteiger charge is 2.15. The van der Waals surface area contributed by atoms with Crippen molar-refractivity contribution in [2.45, 2.75) is 26.2 Å². The second-order valence-electron chi connectivity index (χ2n) is 5.60. The van der Waals surface area contributed by atoms with E-state index >= 15 is 0 Å². The van der Waals surface area contributed by atoms with Gasteiger partial charge in [-0.3, -0.25) is 9.20 Å². The summed E-state index contributed by atoms with van der Waals surface area (Å²) in [5.41, 5.74) is 3.54. The molecule has 0 N–H and O–H groups in total. The van der Waals surface area contributed by atoms with E-state index in [1.54, 1.807) is 7.11 Å². The van der Waals surface area contributed by atoms with Gasteiger partial charge >= 0.3 is 0 Å². The monoisotopic (exact) mass is 308 g/mol. The lowest BCUT2D eigenvalue weighted by Crippen LogP contribution is -2.05. The zero-order chi connectivity index (χ0) is 16.2. The number of hydrogen-bond donors (Lipinski definition) is 0. The van der Waals surface area contributed by atoms with E-state index in [9.17, 15) is 4.79 Å². The number of carbonyl (C=O) groups is 1. The molecular formula is C19H20N2O2. The van der Waals surface area contributed by atoms with Crippen LogP contribution in [0.15, 0.2) is 48.7 Å². The van der Waals surface area contributed by atoms with Gasteiger partial charge in [0, 0.05) is 12.6 Å². The van der Waals surface area contributed by atoms with Crippen LogP contribution in [0.3, 0.4) is 0 Å². The zero-order valence-electron chi connectivity index (χ0n) is 13.5. The summed E-state index contributed by atoms with van der Waals surface area (Å²) in [7, 11) is 1.66. The smallest absolute Gasteiger partial charge is 0.181 e. The van der Waals surface area contributed by atoms with Gasteiger partial charge < -0.3 is 4.74 Å². The Morgan fingerprint density at radius 1 is 1.17 bits per heavy atom. The number of ether oxygens (including phenoxy) is 1. The second kappa shape index (κ2) is 6.65. The molecule has 0 amide bonds. The van der Waals surface area contributed by atoms with Crippen LogP contribution in [-0.2, 0) is 6.42 Å². The van der Waals surface area contributed by atoms with Crippen molar-refractivity contribution in [3.05, 3.63) is 65.6 Å². The summed E-state index contributed by atoms with van der Waals surface area (Å²) in [6.07, 6.45) is 4.12. The van der Waals surface area contributed by atoms with Gasteiger partial charge in [0.25, 0.3) is 0 Å². The largest absolute Gasteiger partial charge is 0.497 e. The Labute approximate surface area is 135 Å². The van der Waals surface area contributed by atoms with Gasteiger partial charge in [-0.25, -0.2) is 4.98 Å². The van der Waals surface area contributed by atoms with Crippen molar-refractivity contribution in [2.24, 2.45) is 0 Å². The fourth-order valence-corrected chi connectivity index (χ4v) is 2.81. The number of Topliss-reactive ketones (excluding diaryl/α,β-unsaturated/α-hetero) is 1. The Morgan fingerprint density at radius 3 is 2.70 bits per heavy atom. The third-order valence-electron chi connectivity index (χ3n) is 4.00. The maximum Gasteiger partial charge on any atom is 0.181 e. The van der Waals surface area contributed by atoms with E-state index in [-0.39, 0.29) is 5.78 Å². The summed E-state index contributed by atoms with van der Waals surface area (Å²) >= 11 is 0. The molecule has 0 saturated heterocycles. The number of fused-ring (bicyclic) bond motifs is 1. The van der Waals surface area contributed by atoms with Crippen molar-refractivity contribution >= 4 is 11.4 Å². The Kier molecular flexibility index (Phi) is 4.42. The number of carbonyl (C=O) groups excluding carboxylic acids is 1. The number of aromatic nitrogens is 2. The van der Waals surface area contributed by atoms with E-state index in [4.69, 9.17) is 4.74 Å². The molecule has 2 aromatic heterocycles. The van der Waals surface area contributed by atoms with Crippen LogP contribution in [0.5, 0.6) is 5.75 Å². The topological polar surface area (TPSA) is 43.6 Å². The van der Waals surface area contributed by atoms with E-state index in [1.165, 1.54) is 5.56 Å². The number of pyridine rings is 1. The Balaban J connectivity index is 1.65. The van der Waals surface area contributed by atoms with Crippen molar-refractivity contribution in [2.75, 3.05) is 7.11 Å². The Morgan fingerprint density at radius 2 is 1.96 bits per heavy atom. The molecule has 0 saturated carbocycles. The van der Waals surface area contributed by atoms with Crippen LogP contribution in [0.25, 0.3) is 5.65 Å². The molecule has 1 aromatic carbocycles. The average Bonchev–Trinajstić information content (AvgIpc) is 2.91. The highest BCUT2D eigenvalue weighted by Crippen LogP contribution is 2.17. The molecule has 0 bridgehead atoms. The summed E-state index contributed by atoms with van der Waals surface area (Å²) in [6, 6.07) is 13.8. The number of hydrogen-bond acceptors (Lipinski definition) is 3. The zero-order valence-corrected chi connectivity index (χ0v) is 13.5. The first-order chi connectivity index (χ1) is 11.2. The predicted octanol–water partition coefficient (Wildman–Crippen LogP) is 3.86. The van der Waals surface area contributed by atoms with Crippen molar-refractivity contribution in [1.82, 2.24) is 9.38 Å². The quantitative estimate of drug-likeness (QED) is 0.650. The Hall–Kier alpha value is -2.62. The molecule has 0 aliphatic rings. The number of nitrogens with zero attached hydrogens (tertiary/aromatic N) is 2. The molecule has 4 nitrogen and oxygen atoms in total. The lowest BCUT2D eigenvalue weighted by atomic mass is 10.0. The molecule has 3 aromatic rings. The van der Waals surface area contributed by atoms with Gasteiger partial charge in [0.15, 0.2) is 5.78 Å². The number of imidazole rings is 1. The molecule has 0 fully saturated rings. The molecular weight excluding hydrogens is 288 g/mol. The van der Waals surface area contributed by atoms with Crippen LogP contribution in [0.2, 0.25) is 0 Å². The molecule has 23 heavy (non-hydrogen) atoms. The van der Waals surface area contributed by atoms with Crippen molar-refractivity contribution < 1.29 is 9.53 Å². The first-order valence-corrected chi connectivity index (χ1v) is 7.79. The summed E-state index contributed by atoms with van der Waals surface area (Å²) < 4.78 is 7.03. The van der Waals surface area contributed by atoms with Crippen LogP contribution < -0.4 is 4.74 Å². The van der Waals surface area contributed by atoms with Crippen LogP contribution in [-0.4, -0.2) is 22.3 Å². The van der Waals surface area contributed by atoms with Crippen LogP contribution in [0.4, 0.5) is 0 Å². The van der Waals surface area contributed by atoms with Crippen LogP contribution in [0.1, 0.15) is 34.6 Å². The summed E-state index contributed by atoms with van der Waals surface area (Å²) in [6.45, 7) is 1.89. The molecule has 0 atom stereocenters. The third kappa shape index (κ3) is 3.26. The minimum atomic E-state index is 0.148. The maximum absolute atomic E-state index is 12.6. The highest BCUT2D eigenvalue weighted by molar-refractivity contribution is 5.96. The SMILES string of the molecule is COc1ccc(CCCC(=O)c2c(C)nc3ccccn23)cc1. The predicted molar refractivity (Wildman–Crippen MR) is 90.2 cm³/mol. The van der Waals surface area contributed by atoms with Crippen LogP contribution in [0, 0.1) is 6.92 Å². The van der Waals surface area contributed by atoms with Crippen molar-refractivity contribution in [1.29, 1.82) is 0 Å². The molecule has 2 heterocycles. The highest BCUT2D eigenvalue weighted by atomic mass is 16.5. The first-order valence-electron chi connectivity index (χ1n) is 7.79. The fourth-order valence-electron chi connectivity index (χ4n) is 2.81. The molecule has 4 heteroatoms. The standard InChI is InChI=1S/C19H20N2O2/c1-14-19(21-13-4-3-8-18(21)20-14)17(22)7-5-6-15-9-11-16(23-2)12-10-15/h3-4,8-13H,5-7H2,1-2H3. The van der Waals surface area contributed by atoms with Crippen molar-refractivity contribution in [3.8, 4) is 5.75 Å². The molecule has 0 aliphatic carbocycles. The van der Waals surface area contributed by atoms with Crippen LogP contribution >= 0.6 is 0 Å². The second-order valence-corrected chi connectivity index (χ2v) is 5.60. The number of benzene rings is 1.